The molecule has 2 heteroatoms. The SMILES string of the molecule is CCC(C)CC1COCCC1Br. The van der Waals surface area contributed by atoms with Gasteiger partial charge in [-0.15, -0.1) is 0 Å². The van der Waals surface area contributed by atoms with Crippen molar-refractivity contribution in [1.29, 1.82) is 0 Å². The molecule has 0 amide bonds. The van der Waals surface area contributed by atoms with E-state index in [9.17, 15) is 0 Å². The highest BCUT2D eigenvalue weighted by Gasteiger charge is 2.24. The standard InChI is InChI=1S/C10H19BrO/c1-3-8(2)6-9-7-12-5-4-10(9)11/h8-10H,3-7H2,1-2H3. The fourth-order valence-corrected chi connectivity index (χ4v) is 2.23. The molecule has 3 unspecified atom stereocenters. The van der Waals surface area contributed by atoms with Crippen LogP contribution in [0.25, 0.3) is 0 Å². The van der Waals surface area contributed by atoms with E-state index in [4.69, 9.17) is 4.74 Å². The molecule has 1 nitrogen and oxygen atoms in total. The maximum Gasteiger partial charge on any atom is 0.0505 e. The van der Waals surface area contributed by atoms with Crippen LogP contribution in [-0.2, 0) is 4.74 Å². The van der Waals surface area contributed by atoms with Gasteiger partial charge in [0.25, 0.3) is 0 Å². The van der Waals surface area contributed by atoms with Gasteiger partial charge in [0.2, 0.25) is 0 Å². The molecule has 1 fully saturated rings. The van der Waals surface area contributed by atoms with Crippen LogP contribution in [0.5, 0.6) is 0 Å². The van der Waals surface area contributed by atoms with Crippen LogP contribution in [0, 0.1) is 11.8 Å². The van der Waals surface area contributed by atoms with E-state index in [1.54, 1.807) is 0 Å². The Balaban J connectivity index is 2.28. The van der Waals surface area contributed by atoms with Gasteiger partial charge in [0, 0.05) is 11.4 Å². The molecule has 0 aromatic carbocycles. The van der Waals surface area contributed by atoms with Crippen molar-refractivity contribution in [3.05, 3.63) is 0 Å². The summed E-state index contributed by atoms with van der Waals surface area (Å²) in [5.41, 5.74) is 0. The maximum atomic E-state index is 5.47. The Morgan fingerprint density at radius 2 is 2.33 bits per heavy atom. The lowest BCUT2D eigenvalue weighted by molar-refractivity contribution is 0.0515. The van der Waals surface area contributed by atoms with Gasteiger partial charge >= 0.3 is 0 Å². The monoisotopic (exact) mass is 234 g/mol. The first-order chi connectivity index (χ1) is 5.74. The van der Waals surface area contributed by atoms with Crippen molar-refractivity contribution in [1.82, 2.24) is 0 Å². The summed E-state index contributed by atoms with van der Waals surface area (Å²) in [6.07, 6.45) is 3.78. The topological polar surface area (TPSA) is 9.23 Å². The lowest BCUT2D eigenvalue weighted by Crippen LogP contribution is -2.29. The average Bonchev–Trinajstić information content (AvgIpc) is 2.09. The molecule has 3 atom stereocenters. The summed E-state index contributed by atoms with van der Waals surface area (Å²) in [6, 6.07) is 0. The van der Waals surface area contributed by atoms with Crippen LogP contribution in [0.2, 0.25) is 0 Å². The van der Waals surface area contributed by atoms with Crippen LogP contribution in [0.1, 0.15) is 33.1 Å². The molecule has 0 saturated carbocycles. The summed E-state index contributed by atoms with van der Waals surface area (Å²) in [7, 11) is 0. The minimum absolute atomic E-state index is 0.695. The van der Waals surface area contributed by atoms with Crippen molar-refractivity contribution in [2.75, 3.05) is 13.2 Å². The lowest BCUT2D eigenvalue weighted by Gasteiger charge is -2.29. The molecule has 12 heavy (non-hydrogen) atoms. The van der Waals surface area contributed by atoms with E-state index in [1.165, 1.54) is 19.3 Å². The predicted octanol–water partition coefficient (Wildman–Crippen LogP) is 3.22. The second kappa shape index (κ2) is 5.23. The molecule has 1 saturated heterocycles. The summed E-state index contributed by atoms with van der Waals surface area (Å²) in [6.45, 7) is 6.49. The van der Waals surface area contributed by atoms with Crippen molar-refractivity contribution >= 4 is 15.9 Å². The molecule has 1 aliphatic heterocycles. The van der Waals surface area contributed by atoms with Gasteiger partial charge in [0.15, 0.2) is 0 Å². The zero-order chi connectivity index (χ0) is 8.97. The van der Waals surface area contributed by atoms with Crippen molar-refractivity contribution < 1.29 is 4.74 Å². The fourth-order valence-electron chi connectivity index (χ4n) is 1.67. The van der Waals surface area contributed by atoms with Crippen LogP contribution >= 0.6 is 15.9 Å². The Hall–Kier alpha value is 0.440. The Morgan fingerprint density at radius 1 is 1.58 bits per heavy atom. The van der Waals surface area contributed by atoms with Crippen LogP contribution in [0.4, 0.5) is 0 Å². The molecule has 0 aliphatic carbocycles. The van der Waals surface area contributed by atoms with Crippen LogP contribution in [0.3, 0.4) is 0 Å². The van der Waals surface area contributed by atoms with Gasteiger partial charge < -0.3 is 4.74 Å². The summed E-state index contributed by atoms with van der Waals surface area (Å²) in [5.74, 6) is 1.59. The molecular formula is C10H19BrO. The van der Waals surface area contributed by atoms with Gasteiger partial charge in [-0.2, -0.15) is 0 Å². The first-order valence-corrected chi connectivity index (χ1v) is 5.87. The second-order valence-corrected chi connectivity index (χ2v) is 5.06. The number of hydrogen-bond acceptors (Lipinski definition) is 1. The largest absolute Gasteiger partial charge is 0.381 e. The van der Waals surface area contributed by atoms with Gasteiger partial charge in [-0.25, -0.2) is 0 Å². The van der Waals surface area contributed by atoms with Crippen LogP contribution < -0.4 is 0 Å². The molecular weight excluding hydrogens is 216 g/mol. The van der Waals surface area contributed by atoms with E-state index < -0.39 is 0 Å². The number of ether oxygens (including phenoxy) is 1. The molecule has 0 spiro atoms. The maximum absolute atomic E-state index is 5.47. The van der Waals surface area contributed by atoms with Gasteiger partial charge in [0.05, 0.1) is 6.61 Å². The molecule has 1 heterocycles. The number of alkyl halides is 1. The molecule has 72 valence electrons. The van der Waals surface area contributed by atoms with Crippen molar-refractivity contribution in [3.63, 3.8) is 0 Å². The minimum atomic E-state index is 0.695. The molecule has 0 aromatic heterocycles. The van der Waals surface area contributed by atoms with E-state index in [-0.39, 0.29) is 0 Å². The van der Waals surface area contributed by atoms with Gasteiger partial charge in [-0.1, -0.05) is 36.2 Å². The molecule has 0 N–H and O–H groups in total. The predicted molar refractivity (Wildman–Crippen MR) is 55.7 cm³/mol. The van der Waals surface area contributed by atoms with Crippen molar-refractivity contribution in [2.24, 2.45) is 11.8 Å². The summed E-state index contributed by atoms with van der Waals surface area (Å²) in [4.78, 5) is 0.695. The first-order valence-electron chi connectivity index (χ1n) is 4.95. The third kappa shape index (κ3) is 3.06. The number of halogens is 1. The van der Waals surface area contributed by atoms with E-state index in [2.05, 4.69) is 29.8 Å². The third-order valence-corrected chi connectivity index (χ3v) is 3.99. The van der Waals surface area contributed by atoms with Gasteiger partial charge in [-0.3, -0.25) is 0 Å². The normalized spacial score (nSPS) is 33.2. The smallest absolute Gasteiger partial charge is 0.0505 e. The Morgan fingerprint density at radius 3 is 2.92 bits per heavy atom. The van der Waals surface area contributed by atoms with Crippen molar-refractivity contribution in [3.8, 4) is 0 Å². The molecule has 0 radical (unpaired) electrons. The zero-order valence-corrected chi connectivity index (χ0v) is 9.64. The fraction of sp³-hybridized carbons (Fsp3) is 1.00. The van der Waals surface area contributed by atoms with E-state index in [0.717, 1.165) is 25.0 Å². The minimum Gasteiger partial charge on any atom is -0.381 e. The number of rotatable bonds is 3. The molecule has 0 aromatic rings. The summed E-state index contributed by atoms with van der Waals surface area (Å²) < 4.78 is 5.47. The van der Waals surface area contributed by atoms with Crippen LogP contribution in [-0.4, -0.2) is 18.0 Å². The zero-order valence-electron chi connectivity index (χ0n) is 8.05. The molecule has 0 bridgehead atoms. The second-order valence-electron chi connectivity index (χ2n) is 3.89. The highest BCUT2D eigenvalue weighted by molar-refractivity contribution is 9.09. The first kappa shape index (κ1) is 10.5. The van der Waals surface area contributed by atoms with E-state index >= 15 is 0 Å². The molecule has 1 rings (SSSR count). The van der Waals surface area contributed by atoms with Crippen LogP contribution in [0.15, 0.2) is 0 Å². The lowest BCUT2D eigenvalue weighted by atomic mass is 9.90. The van der Waals surface area contributed by atoms with Gasteiger partial charge in [0.1, 0.15) is 0 Å². The Bertz CT molecular complexity index is 127. The highest BCUT2D eigenvalue weighted by Crippen LogP contribution is 2.28. The van der Waals surface area contributed by atoms with Crippen molar-refractivity contribution in [2.45, 2.75) is 37.9 Å². The Labute approximate surface area is 84.0 Å². The average molecular weight is 235 g/mol. The highest BCUT2D eigenvalue weighted by atomic mass is 79.9. The van der Waals surface area contributed by atoms with E-state index in [0.29, 0.717) is 4.83 Å². The summed E-state index contributed by atoms with van der Waals surface area (Å²) >= 11 is 3.73. The Kier molecular flexibility index (Phi) is 4.59. The number of hydrogen-bond donors (Lipinski definition) is 0. The quantitative estimate of drug-likeness (QED) is 0.682. The van der Waals surface area contributed by atoms with E-state index in [1.807, 2.05) is 0 Å². The third-order valence-electron chi connectivity index (χ3n) is 2.78. The summed E-state index contributed by atoms with van der Waals surface area (Å²) in [5, 5.41) is 0. The van der Waals surface area contributed by atoms with Gasteiger partial charge in [-0.05, 0) is 24.7 Å². The molecule has 1 aliphatic rings.